The molecule has 0 spiro atoms. The van der Waals surface area contributed by atoms with Crippen LogP contribution in [0.25, 0.3) is 0 Å². The molecule has 0 unspecified atom stereocenters. The van der Waals surface area contributed by atoms with Gasteiger partial charge in [0.1, 0.15) is 11.5 Å². The van der Waals surface area contributed by atoms with E-state index < -0.39 is 11.7 Å². The van der Waals surface area contributed by atoms with Crippen LogP contribution in [0.15, 0.2) is 40.8 Å². The Morgan fingerprint density at radius 1 is 1.12 bits per heavy atom. The molecule has 0 aliphatic carbocycles. The van der Waals surface area contributed by atoms with Crippen molar-refractivity contribution in [1.82, 2.24) is 5.32 Å². The van der Waals surface area contributed by atoms with Crippen molar-refractivity contribution in [2.24, 2.45) is 0 Å². The predicted molar refractivity (Wildman–Crippen MR) is 88.8 cm³/mol. The molecular formula is C19H24F3NO. The lowest BCUT2D eigenvalue weighted by Gasteiger charge is -2.26. The molecule has 1 heterocycles. The first-order chi connectivity index (χ1) is 11.1. The summed E-state index contributed by atoms with van der Waals surface area (Å²) >= 11 is 0. The minimum atomic E-state index is -4.30. The summed E-state index contributed by atoms with van der Waals surface area (Å²) < 4.78 is 44.0. The fourth-order valence-corrected chi connectivity index (χ4v) is 2.89. The molecule has 0 fully saturated rings. The summed E-state index contributed by atoms with van der Waals surface area (Å²) in [4.78, 5) is 0. The zero-order valence-electron chi connectivity index (χ0n) is 14.5. The van der Waals surface area contributed by atoms with Crippen LogP contribution in [0, 0.1) is 6.92 Å². The Labute approximate surface area is 141 Å². The molecule has 1 aromatic heterocycles. The Kier molecular flexibility index (Phi) is 5.43. The van der Waals surface area contributed by atoms with Gasteiger partial charge in [0.2, 0.25) is 0 Å². The largest absolute Gasteiger partial charge is 0.466 e. The summed E-state index contributed by atoms with van der Waals surface area (Å²) in [6, 6.07) is 9.50. The van der Waals surface area contributed by atoms with Crippen molar-refractivity contribution in [2.45, 2.75) is 58.3 Å². The average molecular weight is 339 g/mol. The van der Waals surface area contributed by atoms with Crippen molar-refractivity contribution in [3.63, 3.8) is 0 Å². The van der Waals surface area contributed by atoms with Gasteiger partial charge in [-0.1, -0.05) is 32.0 Å². The van der Waals surface area contributed by atoms with Gasteiger partial charge >= 0.3 is 6.18 Å². The molecule has 0 aliphatic rings. The van der Waals surface area contributed by atoms with E-state index in [-0.39, 0.29) is 11.5 Å². The van der Waals surface area contributed by atoms with Crippen LogP contribution >= 0.6 is 0 Å². The van der Waals surface area contributed by atoms with E-state index >= 15 is 0 Å². The van der Waals surface area contributed by atoms with E-state index in [0.29, 0.717) is 12.1 Å². The van der Waals surface area contributed by atoms with Crippen LogP contribution in [0.2, 0.25) is 0 Å². The number of furan rings is 1. The number of rotatable bonds is 6. The predicted octanol–water partition coefficient (Wildman–Crippen LogP) is 5.45. The highest BCUT2D eigenvalue weighted by Gasteiger charge is 2.30. The summed E-state index contributed by atoms with van der Waals surface area (Å²) in [5.74, 6) is 1.80. The third kappa shape index (κ3) is 4.87. The van der Waals surface area contributed by atoms with Crippen LogP contribution < -0.4 is 5.32 Å². The van der Waals surface area contributed by atoms with Gasteiger partial charge in [0.15, 0.2) is 0 Å². The van der Waals surface area contributed by atoms with Gasteiger partial charge in [-0.05, 0) is 44.0 Å². The van der Waals surface area contributed by atoms with E-state index in [1.165, 1.54) is 12.1 Å². The van der Waals surface area contributed by atoms with Gasteiger partial charge in [-0.3, -0.25) is 0 Å². The van der Waals surface area contributed by atoms with Crippen molar-refractivity contribution in [1.29, 1.82) is 0 Å². The monoisotopic (exact) mass is 339 g/mol. The fraction of sp³-hybridized carbons (Fsp3) is 0.474. The molecule has 0 saturated heterocycles. The lowest BCUT2D eigenvalue weighted by Crippen LogP contribution is -2.32. The Hall–Kier alpha value is -1.75. The maximum atomic E-state index is 12.7. The van der Waals surface area contributed by atoms with Crippen LogP contribution in [-0.2, 0) is 18.1 Å². The van der Waals surface area contributed by atoms with Crippen LogP contribution in [0.4, 0.5) is 13.2 Å². The lowest BCUT2D eigenvalue weighted by atomic mass is 9.83. The number of alkyl halides is 3. The third-order valence-electron chi connectivity index (χ3n) is 4.13. The van der Waals surface area contributed by atoms with Crippen LogP contribution in [-0.4, -0.2) is 6.04 Å². The second kappa shape index (κ2) is 7.01. The fourth-order valence-electron chi connectivity index (χ4n) is 2.89. The molecule has 2 nitrogen and oxygen atoms in total. The minimum absolute atomic E-state index is 0.139. The summed E-state index contributed by atoms with van der Waals surface area (Å²) in [6.07, 6.45) is -3.49. The molecule has 132 valence electrons. The van der Waals surface area contributed by atoms with Gasteiger partial charge in [0.05, 0.1) is 5.56 Å². The van der Waals surface area contributed by atoms with Crippen molar-refractivity contribution >= 4 is 0 Å². The number of hydrogen-bond donors (Lipinski definition) is 1. The number of nitrogens with one attached hydrogen (secondary N) is 1. The second-order valence-corrected chi connectivity index (χ2v) is 6.98. The van der Waals surface area contributed by atoms with Gasteiger partial charge < -0.3 is 9.73 Å². The number of hydrogen-bond acceptors (Lipinski definition) is 2. The summed E-state index contributed by atoms with van der Waals surface area (Å²) in [6.45, 7) is 8.56. The van der Waals surface area contributed by atoms with Crippen molar-refractivity contribution in [3.8, 4) is 0 Å². The lowest BCUT2D eigenvalue weighted by molar-refractivity contribution is -0.137. The summed E-state index contributed by atoms with van der Waals surface area (Å²) in [7, 11) is 0. The van der Waals surface area contributed by atoms with Crippen molar-refractivity contribution in [2.75, 3.05) is 0 Å². The number of halogens is 3. The quantitative estimate of drug-likeness (QED) is 0.757. The maximum absolute atomic E-state index is 12.7. The van der Waals surface area contributed by atoms with Crippen LogP contribution in [0.3, 0.4) is 0 Å². The van der Waals surface area contributed by atoms with Gasteiger partial charge in [0.25, 0.3) is 0 Å². The standard InChI is InChI=1S/C19H24F3NO/c1-13(11-18(3,4)17-9-8-14(2)24-17)23-12-15-6-5-7-16(10-15)19(20,21)22/h5-10,13,23H,11-12H2,1-4H3/t13-/m1/s1. The molecule has 1 aromatic carbocycles. The van der Waals surface area contributed by atoms with E-state index in [4.69, 9.17) is 4.42 Å². The first kappa shape index (κ1) is 18.6. The Bertz CT molecular complexity index is 673. The van der Waals surface area contributed by atoms with Crippen molar-refractivity contribution in [3.05, 3.63) is 59.0 Å². The SMILES string of the molecule is Cc1ccc(C(C)(C)C[C@@H](C)NCc2cccc(C(F)(F)F)c2)o1. The summed E-state index contributed by atoms with van der Waals surface area (Å²) in [5.41, 5.74) is -0.127. The molecule has 0 bridgehead atoms. The topological polar surface area (TPSA) is 25.2 Å². The Morgan fingerprint density at radius 2 is 1.83 bits per heavy atom. The molecule has 2 rings (SSSR count). The zero-order valence-corrected chi connectivity index (χ0v) is 14.5. The van der Waals surface area contributed by atoms with Gasteiger partial charge in [-0.15, -0.1) is 0 Å². The highest BCUT2D eigenvalue weighted by molar-refractivity contribution is 5.25. The highest BCUT2D eigenvalue weighted by Crippen LogP contribution is 2.31. The molecule has 1 atom stereocenters. The molecule has 2 aromatic rings. The average Bonchev–Trinajstić information content (AvgIpc) is 2.92. The molecule has 0 amide bonds. The van der Waals surface area contributed by atoms with E-state index in [1.807, 2.05) is 26.0 Å². The van der Waals surface area contributed by atoms with Crippen LogP contribution in [0.5, 0.6) is 0 Å². The molecule has 24 heavy (non-hydrogen) atoms. The second-order valence-electron chi connectivity index (χ2n) is 6.98. The Morgan fingerprint density at radius 3 is 2.42 bits per heavy atom. The molecule has 0 saturated carbocycles. The van der Waals surface area contributed by atoms with E-state index in [9.17, 15) is 13.2 Å². The van der Waals surface area contributed by atoms with E-state index in [2.05, 4.69) is 19.2 Å². The molecule has 0 aliphatic heterocycles. The third-order valence-corrected chi connectivity index (χ3v) is 4.13. The van der Waals surface area contributed by atoms with Gasteiger partial charge in [-0.2, -0.15) is 13.2 Å². The number of benzene rings is 1. The summed E-state index contributed by atoms with van der Waals surface area (Å²) in [5, 5.41) is 3.30. The van der Waals surface area contributed by atoms with Gasteiger partial charge in [0, 0.05) is 18.0 Å². The normalized spacial score (nSPS) is 14.0. The zero-order chi connectivity index (χ0) is 18.0. The molecule has 0 radical (unpaired) electrons. The number of aryl methyl sites for hydroxylation is 1. The van der Waals surface area contributed by atoms with Crippen molar-refractivity contribution < 1.29 is 17.6 Å². The minimum Gasteiger partial charge on any atom is -0.466 e. The van der Waals surface area contributed by atoms with E-state index in [0.717, 1.165) is 24.0 Å². The van der Waals surface area contributed by atoms with E-state index in [1.54, 1.807) is 6.07 Å². The molecule has 5 heteroatoms. The first-order valence-electron chi connectivity index (χ1n) is 8.04. The Balaban J connectivity index is 1.95. The first-order valence-corrected chi connectivity index (χ1v) is 8.04. The van der Waals surface area contributed by atoms with Crippen LogP contribution in [0.1, 0.15) is 49.8 Å². The van der Waals surface area contributed by atoms with Gasteiger partial charge in [-0.25, -0.2) is 0 Å². The smallest absolute Gasteiger partial charge is 0.416 e. The highest BCUT2D eigenvalue weighted by atomic mass is 19.4. The molecule has 1 N–H and O–H groups in total. The maximum Gasteiger partial charge on any atom is 0.416 e. The molecular weight excluding hydrogens is 315 g/mol.